The normalized spacial score (nSPS) is 33.4. The third kappa shape index (κ3) is 2.81. The lowest BCUT2D eigenvalue weighted by atomic mass is 9.85. The minimum atomic E-state index is -0.928. The number of hydrogen-bond donors (Lipinski definition) is 2. The molecule has 1 rings (SSSR count). The monoisotopic (exact) mass is 248 g/mol. The molecule has 3 N–H and O–H groups in total. The topological polar surface area (TPSA) is 81.4 Å². The maximum atomic E-state index is 11.9. The summed E-state index contributed by atoms with van der Waals surface area (Å²) in [5.41, 5.74) is 5.18. The summed E-state index contributed by atoms with van der Waals surface area (Å²) in [6.07, 6.45) is 1.63. The molecule has 0 aromatic heterocycles. The number of nitrogens with one attached hydrogen (secondary N) is 1. The maximum absolute atomic E-state index is 11.9. The number of nitrogens with two attached hydrogens (primary N) is 1. The summed E-state index contributed by atoms with van der Waals surface area (Å²) < 4.78 is 16.3. The molecule has 1 aliphatic heterocycles. The quantitative estimate of drug-likeness (QED) is 0.685. The fourth-order valence-electron chi connectivity index (χ4n) is 1.48. The third-order valence-electron chi connectivity index (χ3n) is 3.15. The first-order valence-corrected chi connectivity index (χ1v) is 6.94. The Morgan fingerprint density at radius 1 is 1.75 bits per heavy atom. The molecule has 1 aliphatic rings. The fourth-order valence-corrected chi connectivity index (χ4v) is 1.80. The van der Waals surface area contributed by atoms with Gasteiger partial charge in [0, 0.05) is 34.9 Å². The molecule has 1 amide bonds. The van der Waals surface area contributed by atoms with Crippen LogP contribution in [0.3, 0.4) is 0 Å². The average Bonchev–Trinajstić information content (AvgIpc) is 2.56. The second-order valence-electron chi connectivity index (χ2n) is 4.56. The molecule has 1 fully saturated rings. The van der Waals surface area contributed by atoms with Crippen molar-refractivity contribution in [1.82, 2.24) is 5.32 Å². The van der Waals surface area contributed by atoms with Crippen LogP contribution < -0.4 is 11.1 Å². The van der Waals surface area contributed by atoms with E-state index in [1.807, 2.05) is 6.92 Å². The highest BCUT2D eigenvalue weighted by Gasteiger charge is 2.44. The van der Waals surface area contributed by atoms with Crippen molar-refractivity contribution in [1.29, 1.82) is 0 Å². The van der Waals surface area contributed by atoms with Crippen LogP contribution in [0.5, 0.6) is 0 Å². The van der Waals surface area contributed by atoms with E-state index >= 15 is 0 Å². The zero-order valence-corrected chi connectivity index (χ0v) is 10.8. The van der Waals surface area contributed by atoms with E-state index in [0.717, 1.165) is 0 Å². The Balaban J connectivity index is 2.49. The van der Waals surface area contributed by atoms with Crippen LogP contribution in [0.15, 0.2) is 0 Å². The first-order valence-electron chi connectivity index (χ1n) is 5.32. The van der Waals surface area contributed by atoms with Gasteiger partial charge in [-0.1, -0.05) is 0 Å². The first kappa shape index (κ1) is 13.6. The van der Waals surface area contributed by atoms with Crippen molar-refractivity contribution in [3.05, 3.63) is 0 Å². The first-order chi connectivity index (χ1) is 7.38. The molecule has 4 atom stereocenters. The van der Waals surface area contributed by atoms with Crippen molar-refractivity contribution in [2.75, 3.05) is 26.0 Å². The molecular weight excluding hydrogens is 228 g/mol. The molecule has 5 nitrogen and oxygen atoms in total. The van der Waals surface area contributed by atoms with Crippen LogP contribution in [0, 0.1) is 5.41 Å². The zero-order valence-electron chi connectivity index (χ0n) is 9.99. The van der Waals surface area contributed by atoms with Gasteiger partial charge in [-0.2, -0.15) is 0 Å². The molecular formula is C10H20N2O3S. The van der Waals surface area contributed by atoms with E-state index in [0.29, 0.717) is 19.8 Å². The Morgan fingerprint density at radius 3 is 2.81 bits per heavy atom. The van der Waals surface area contributed by atoms with E-state index < -0.39 is 16.2 Å². The summed E-state index contributed by atoms with van der Waals surface area (Å²) in [5.74, 6) is -0.116. The van der Waals surface area contributed by atoms with E-state index in [-0.39, 0.29) is 17.2 Å². The van der Waals surface area contributed by atoms with Gasteiger partial charge in [0.2, 0.25) is 5.91 Å². The average molecular weight is 248 g/mol. The Kier molecular flexibility index (Phi) is 4.46. The number of hydrogen-bond acceptors (Lipinski definition) is 4. The molecule has 0 radical (unpaired) electrons. The highest BCUT2D eigenvalue weighted by Crippen LogP contribution is 2.26. The van der Waals surface area contributed by atoms with Crippen LogP contribution in [0.25, 0.3) is 0 Å². The molecule has 94 valence electrons. The van der Waals surface area contributed by atoms with E-state index in [2.05, 4.69) is 5.32 Å². The molecule has 0 bridgehead atoms. The minimum absolute atomic E-state index is 0.0499. The Hall–Kier alpha value is -0.460. The Labute approximate surface area is 98.6 Å². The lowest BCUT2D eigenvalue weighted by Gasteiger charge is -2.26. The van der Waals surface area contributed by atoms with Crippen molar-refractivity contribution >= 4 is 16.7 Å². The highest BCUT2D eigenvalue weighted by molar-refractivity contribution is 7.84. The second kappa shape index (κ2) is 5.25. The molecule has 0 spiro atoms. The van der Waals surface area contributed by atoms with Crippen molar-refractivity contribution in [2.45, 2.75) is 25.1 Å². The number of ether oxygens (including phenoxy) is 1. The number of carbonyl (C=O) groups is 1. The molecule has 1 saturated heterocycles. The highest BCUT2D eigenvalue weighted by atomic mass is 32.2. The second-order valence-corrected chi connectivity index (χ2v) is 6.36. The van der Waals surface area contributed by atoms with Gasteiger partial charge in [0.15, 0.2) is 0 Å². The van der Waals surface area contributed by atoms with Crippen LogP contribution in [-0.4, -0.2) is 47.4 Å². The molecule has 0 saturated carbocycles. The largest absolute Gasteiger partial charge is 0.379 e. The molecule has 0 aliphatic carbocycles. The van der Waals surface area contributed by atoms with E-state index in [1.54, 1.807) is 13.2 Å². The van der Waals surface area contributed by atoms with Crippen LogP contribution in [0.2, 0.25) is 0 Å². The van der Waals surface area contributed by atoms with Crippen molar-refractivity contribution in [2.24, 2.45) is 11.1 Å². The summed E-state index contributed by atoms with van der Waals surface area (Å²) >= 11 is 0. The molecule has 6 heteroatoms. The van der Waals surface area contributed by atoms with Crippen molar-refractivity contribution in [3.63, 3.8) is 0 Å². The Morgan fingerprint density at radius 2 is 2.38 bits per heavy atom. The number of rotatable bonds is 4. The van der Waals surface area contributed by atoms with Gasteiger partial charge in [-0.3, -0.25) is 9.00 Å². The molecule has 16 heavy (non-hydrogen) atoms. The molecule has 0 aromatic rings. The van der Waals surface area contributed by atoms with Gasteiger partial charge in [-0.15, -0.1) is 0 Å². The predicted molar refractivity (Wildman–Crippen MR) is 63.4 cm³/mol. The van der Waals surface area contributed by atoms with E-state index in [1.165, 1.54) is 0 Å². The zero-order chi connectivity index (χ0) is 12.3. The predicted octanol–water partition coefficient (Wildman–Crippen LogP) is -0.767. The summed E-state index contributed by atoms with van der Waals surface area (Å²) in [6.45, 7) is 4.81. The lowest BCUT2D eigenvalue weighted by molar-refractivity contribution is -0.130. The van der Waals surface area contributed by atoms with Crippen molar-refractivity contribution in [3.8, 4) is 0 Å². The third-order valence-corrected chi connectivity index (χ3v) is 4.45. The summed E-state index contributed by atoms with van der Waals surface area (Å²) in [5, 5.41) is 2.73. The van der Waals surface area contributed by atoms with E-state index in [4.69, 9.17) is 10.5 Å². The van der Waals surface area contributed by atoms with Crippen LogP contribution in [0.1, 0.15) is 13.8 Å². The molecule has 1 heterocycles. The maximum Gasteiger partial charge on any atom is 0.229 e. The summed E-state index contributed by atoms with van der Waals surface area (Å²) in [4.78, 5) is 11.9. The summed E-state index contributed by atoms with van der Waals surface area (Å²) in [6, 6.07) is -0.269. The lowest BCUT2D eigenvalue weighted by Crippen LogP contribution is -2.51. The Bertz CT molecular complexity index is 298. The van der Waals surface area contributed by atoms with Gasteiger partial charge < -0.3 is 15.8 Å². The smallest absolute Gasteiger partial charge is 0.229 e. The molecule has 0 aromatic carbocycles. The fraction of sp³-hybridized carbons (Fsp3) is 0.900. The van der Waals surface area contributed by atoms with Gasteiger partial charge in [0.05, 0.1) is 18.6 Å². The van der Waals surface area contributed by atoms with Crippen LogP contribution in [0.4, 0.5) is 0 Å². The standard InChI is InChI=1S/C10H20N2O3S/c1-7(16(3)14)4-12-9(13)10(2)6-15-5-8(10)11/h7-8H,4-6,11H2,1-3H3,(H,12,13). The van der Waals surface area contributed by atoms with Gasteiger partial charge in [0.25, 0.3) is 0 Å². The molecule has 4 unspecified atom stereocenters. The van der Waals surface area contributed by atoms with Gasteiger partial charge in [0.1, 0.15) is 0 Å². The van der Waals surface area contributed by atoms with E-state index in [9.17, 15) is 9.00 Å². The minimum Gasteiger partial charge on any atom is -0.379 e. The van der Waals surface area contributed by atoms with Gasteiger partial charge in [-0.05, 0) is 13.8 Å². The van der Waals surface area contributed by atoms with Crippen LogP contribution in [-0.2, 0) is 20.3 Å². The van der Waals surface area contributed by atoms with Gasteiger partial charge in [-0.25, -0.2) is 0 Å². The van der Waals surface area contributed by atoms with Crippen LogP contribution >= 0.6 is 0 Å². The SMILES string of the molecule is CC(CNC(=O)C1(C)COCC1N)S(C)=O. The van der Waals surface area contributed by atoms with Gasteiger partial charge >= 0.3 is 0 Å². The van der Waals surface area contributed by atoms with Crippen molar-refractivity contribution < 1.29 is 13.7 Å². The number of carbonyl (C=O) groups excluding carboxylic acids is 1. The summed E-state index contributed by atoms with van der Waals surface area (Å²) in [7, 11) is -0.928. The number of amides is 1.